The van der Waals surface area contributed by atoms with Gasteiger partial charge < -0.3 is 10.1 Å². The lowest BCUT2D eigenvalue weighted by atomic mass is 10.00. The summed E-state index contributed by atoms with van der Waals surface area (Å²) in [4.78, 5) is 13.2. The Bertz CT molecular complexity index is 912. The van der Waals surface area contributed by atoms with Gasteiger partial charge in [-0.3, -0.25) is 9.48 Å². The van der Waals surface area contributed by atoms with Crippen LogP contribution in [0.15, 0.2) is 67.0 Å². The van der Waals surface area contributed by atoms with Crippen LogP contribution in [0.4, 0.5) is 4.39 Å². The van der Waals surface area contributed by atoms with Crippen LogP contribution in [0, 0.1) is 5.82 Å². The van der Waals surface area contributed by atoms with Gasteiger partial charge in [-0.1, -0.05) is 30.3 Å². The molecule has 0 fully saturated rings. The van der Waals surface area contributed by atoms with Crippen LogP contribution in [0.5, 0.6) is 5.75 Å². The summed E-state index contributed by atoms with van der Waals surface area (Å²) in [6, 6.07) is 14.8. The second-order valence-electron chi connectivity index (χ2n) is 6.53. The molecule has 1 aliphatic rings. The molecule has 2 aromatic carbocycles. The average Bonchev–Trinajstić information content (AvgIpc) is 3.13. The van der Waals surface area contributed by atoms with E-state index in [1.165, 1.54) is 12.1 Å². The summed E-state index contributed by atoms with van der Waals surface area (Å²) in [5, 5.41) is 7.34. The van der Waals surface area contributed by atoms with Gasteiger partial charge in [-0.2, -0.15) is 5.10 Å². The van der Waals surface area contributed by atoms with Crippen molar-refractivity contribution >= 4 is 5.91 Å². The lowest BCUT2D eigenvalue weighted by Crippen LogP contribution is -2.36. The molecule has 0 spiro atoms. The monoisotopic (exact) mass is 365 g/mol. The Morgan fingerprint density at radius 2 is 2.07 bits per heavy atom. The molecule has 0 saturated carbocycles. The molecule has 138 valence electrons. The molecule has 27 heavy (non-hydrogen) atoms. The first kappa shape index (κ1) is 17.3. The van der Waals surface area contributed by atoms with Crippen molar-refractivity contribution in [1.82, 2.24) is 15.1 Å². The smallest absolute Gasteiger partial charge is 0.249 e. The van der Waals surface area contributed by atoms with E-state index in [0.29, 0.717) is 24.3 Å². The van der Waals surface area contributed by atoms with Crippen molar-refractivity contribution in [3.8, 4) is 5.75 Å². The Morgan fingerprint density at radius 3 is 2.85 bits per heavy atom. The van der Waals surface area contributed by atoms with Crippen LogP contribution in [0.3, 0.4) is 0 Å². The van der Waals surface area contributed by atoms with E-state index in [2.05, 4.69) is 10.4 Å². The van der Waals surface area contributed by atoms with Crippen LogP contribution < -0.4 is 10.1 Å². The minimum absolute atomic E-state index is 0.188. The number of carbonyl (C=O) groups is 1. The molecule has 0 aliphatic carbocycles. The van der Waals surface area contributed by atoms with Crippen molar-refractivity contribution in [1.29, 1.82) is 0 Å². The molecule has 2 atom stereocenters. The largest absolute Gasteiger partial charge is 0.493 e. The number of carbonyl (C=O) groups excluding carboxylic acids is 1. The molecule has 3 aromatic rings. The molecule has 0 saturated heterocycles. The average molecular weight is 365 g/mol. The van der Waals surface area contributed by atoms with Gasteiger partial charge in [-0.25, -0.2) is 4.39 Å². The van der Waals surface area contributed by atoms with Crippen molar-refractivity contribution < 1.29 is 13.9 Å². The van der Waals surface area contributed by atoms with E-state index in [1.807, 2.05) is 30.3 Å². The van der Waals surface area contributed by atoms with Gasteiger partial charge in [0.15, 0.2) is 6.04 Å². The van der Waals surface area contributed by atoms with Crippen LogP contribution in [-0.2, 0) is 4.79 Å². The summed E-state index contributed by atoms with van der Waals surface area (Å²) in [6.45, 7) is 0.548. The van der Waals surface area contributed by atoms with Crippen LogP contribution in [0.25, 0.3) is 0 Å². The molecule has 0 bridgehead atoms. The Kier molecular flexibility index (Phi) is 4.87. The van der Waals surface area contributed by atoms with Gasteiger partial charge in [0.25, 0.3) is 0 Å². The number of amides is 1. The third kappa shape index (κ3) is 3.69. The molecule has 0 unspecified atom stereocenters. The number of rotatable bonds is 4. The minimum atomic E-state index is -0.595. The molecule has 1 aliphatic heterocycles. The van der Waals surface area contributed by atoms with Gasteiger partial charge in [0, 0.05) is 18.0 Å². The zero-order chi connectivity index (χ0) is 18.6. The Labute approximate surface area is 156 Å². The van der Waals surface area contributed by atoms with Gasteiger partial charge in [-0.05, 0) is 42.7 Å². The highest BCUT2D eigenvalue weighted by Crippen LogP contribution is 2.32. The van der Waals surface area contributed by atoms with E-state index >= 15 is 0 Å². The fourth-order valence-electron chi connectivity index (χ4n) is 3.44. The number of ether oxygens (including phenoxy) is 1. The molecule has 4 rings (SSSR count). The second-order valence-corrected chi connectivity index (χ2v) is 6.53. The third-order valence-corrected chi connectivity index (χ3v) is 4.71. The van der Waals surface area contributed by atoms with Crippen LogP contribution in [-0.4, -0.2) is 22.3 Å². The number of hydrogen-bond acceptors (Lipinski definition) is 3. The summed E-state index contributed by atoms with van der Waals surface area (Å²) in [5.41, 5.74) is 1.51. The normalized spacial score (nSPS) is 17.3. The minimum Gasteiger partial charge on any atom is -0.493 e. The number of aromatic nitrogens is 2. The first-order chi connectivity index (χ1) is 13.2. The van der Waals surface area contributed by atoms with Crippen LogP contribution in [0.2, 0.25) is 0 Å². The molecule has 0 radical (unpaired) electrons. The van der Waals surface area contributed by atoms with E-state index in [0.717, 1.165) is 12.0 Å². The highest BCUT2D eigenvalue weighted by molar-refractivity contribution is 5.84. The number of halogens is 1. The van der Waals surface area contributed by atoms with Gasteiger partial charge in [0.05, 0.1) is 12.6 Å². The predicted octanol–water partition coefficient (Wildman–Crippen LogP) is 3.64. The summed E-state index contributed by atoms with van der Waals surface area (Å²) in [5.74, 6) is 0.0896. The molecule has 5 nitrogen and oxygen atoms in total. The molecule has 1 amide bonds. The quantitative estimate of drug-likeness (QED) is 0.768. The van der Waals surface area contributed by atoms with Crippen molar-refractivity contribution in [2.45, 2.75) is 24.9 Å². The van der Waals surface area contributed by atoms with E-state index in [-0.39, 0.29) is 17.8 Å². The number of nitrogens with zero attached hydrogens (tertiary/aromatic N) is 2. The van der Waals surface area contributed by atoms with Gasteiger partial charge in [0.2, 0.25) is 5.91 Å². The number of fused-ring (bicyclic) bond motifs is 1. The molecule has 2 heterocycles. The van der Waals surface area contributed by atoms with Gasteiger partial charge in [0.1, 0.15) is 11.6 Å². The Hall–Kier alpha value is -3.15. The van der Waals surface area contributed by atoms with E-state index in [4.69, 9.17) is 4.74 Å². The highest BCUT2D eigenvalue weighted by Gasteiger charge is 2.28. The molecule has 1 aromatic heterocycles. The zero-order valence-electron chi connectivity index (χ0n) is 14.7. The number of benzene rings is 2. The number of hydrogen-bond donors (Lipinski definition) is 1. The Morgan fingerprint density at radius 1 is 1.22 bits per heavy atom. The zero-order valence-corrected chi connectivity index (χ0v) is 14.7. The van der Waals surface area contributed by atoms with Crippen molar-refractivity contribution in [2.24, 2.45) is 0 Å². The van der Waals surface area contributed by atoms with E-state index in [9.17, 15) is 9.18 Å². The van der Waals surface area contributed by atoms with Crippen molar-refractivity contribution in [2.75, 3.05) is 6.61 Å². The maximum Gasteiger partial charge on any atom is 0.249 e. The Balaban J connectivity index is 1.65. The molecule has 6 heteroatoms. The van der Waals surface area contributed by atoms with E-state index < -0.39 is 6.04 Å². The lowest BCUT2D eigenvalue weighted by molar-refractivity contribution is -0.124. The standard InChI is InChI=1S/C21H20FN3O2/c22-16-9-10-19-17(14-16)18(8-4-13-27-19)24-21(26)20(25-12-5-11-23-25)15-6-2-1-3-7-15/h1-3,5-7,9-12,14,18,20H,4,8,13H2,(H,24,26)/t18-,20-/m0/s1. The summed E-state index contributed by atoms with van der Waals surface area (Å²) in [6.07, 6.45) is 4.87. The van der Waals surface area contributed by atoms with E-state index in [1.54, 1.807) is 29.2 Å². The van der Waals surface area contributed by atoms with Crippen molar-refractivity contribution in [3.05, 3.63) is 83.9 Å². The summed E-state index contributed by atoms with van der Waals surface area (Å²) in [7, 11) is 0. The molecular formula is C21H20FN3O2. The van der Waals surface area contributed by atoms with Crippen LogP contribution in [0.1, 0.15) is 36.1 Å². The van der Waals surface area contributed by atoms with Crippen molar-refractivity contribution in [3.63, 3.8) is 0 Å². The summed E-state index contributed by atoms with van der Waals surface area (Å²) >= 11 is 0. The number of nitrogens with one attached hydrogen (secondary N) is 1. The lowest BCUT2D eigenvalue weighted by Gasteiger charge is -2.23. The maximum atomic E-state index is 13.8. The molecule has 1 N–H and O–H groups in total. The topological polar surface area (TPSA) is 56.1 Å². The maximum absolute atomic E-state index is 13.8. The SMILES string of the molecule is O=C(N[C@H]1CCCOc2ccc(F)cc21)[C@H](c1ccccc1)n1cccn1. The second kappa shape index (κ2) is 7.61. The highest BCUT2D eigenvalue weighted by atomic mass is 19.1. The molecular weight excluding hydrogens is 345 g/mol. The van der Waals surface area contributed by atoms with Gasteiger partial charge in [-0.15, -0.1) is 0 Å². The summed E-state index contributed by atoms with van der Waals surface area (Å²) < 4.78 is 21.1. The first-order valence-electron chi connectivity index (χ1n) is 8.99. The van der Waals surface area contributed by atoms with Crippen LogP contribution >= 0.6 is 0 Å². The third-order valence-electron chi connectivity index (χ3n) is 4.71. The first-order valence-corrected chi connectivity index (χ1v) is 8.99. The van der Waals surface area contributed by atoms with Gasteiger partial charge >= 0.3 is 0 Å². The fraction of sp³-hybridized carbons (Fsp3) is 0.238. The predicted molar refractivity (Wildman–Crippen MR) is 98.8 cm³/mol. The fourth-order valence-corrected chi connectivity index (χ4v) is 3.44.